The Bertz CT molecular complexity index is 911. The van der Waals surface area contributed by atoms with Gasteiger partial charge in [0.15, 0.2) is 0 Å². The van der Waals surface area contributed by atoms with Crippen LogP contribution in [0.15, 0.2) is 42.5 Å². The first-order chi connectivity index (χ1) is 13.9. The number of nitrogens with zero attached hydrogens (tertiary/aromatic N) is 1. The van der Waals surface area contributed by atoms with Gasteiger partial charge in [-0.1, -0.05) is 51.0 Å². The number of aryl methyl sites for hydroxylation is 1. The molecule has 1 saturated heterocycles. The van der Waals surface area contributed by atoms with Crippen molar-refractivity contribution in [3.63, 3.8) is 0 Å². The summed E-state index contributed by atoms with van der Waals surface area (Å²) in [6.07, 6.45) is 11.3. The highest BCUT2D eigenvalue weighted by Crippen LogP contribution is 2.31. The molecular formula is C26H30FNO. The molecule has 2 aromatic carbocycles. The first-order valence-electron chi connectivity index (χ1n) is 10.3. The number of terminal acetylenes is 1. The number of anilines is 1. The smallest absolute Gasteiger partial charge is 0.124 e. The van der Waals surface area contributed by atoms with Gasteiger partial charge in [-0.2, -0.15) is 0 Å². The fourth-order valence-corrected chi connectivity index (χ4v) is 3.57. The summed E-state index contributed by atoms with van der Waals surface area (Å²) in [5, 5.41) is 0. The van der Waals surface area contributed by atoms with Crippen LogP contribution in [0.4, 0.5) is 10.1 Å². The number of ether oxygens (including phenoxy) is 1. The van der Waals surface area contributed by atoms with Crippen LogP contribution in [-0.4, -0.2) is 26.3 Å². The zero-order valence-electron chi connectivity index (χ0n) is 17.7. The average Bonchev–Trinajstić information content (AvgIpc) is 2.70. The van der Waals surface area contributed by atoms with Gasteiger partial charge in [0.2, 0.25) is 0 Å². The van der Waals surface area contributed by atoms with E-state index in [1.54, 1.807) is 6.07 Å². The summed E-state index contributed by atoms with van der Waals surface area (Å²) in [5.41, 5.74) is 5.43. The molecule has 0 atom stereocenters. The molecule has 0 bridgehead atoms. The summed E-state index contributed by atoms with van der Waals surface area (Å²) in [5.74, 6) is 2.24. The van der Waals surface area contributed by atoms with Gasteiger partial charge in [-0.05, 0) is 59.2 Å². The van der Waals surface area contributed by atoms with Crippen molar-refractivity contribution in [1.82, 2.24) is 0 Å². The van der Waals surface area contributed by atoms with E-state index in [4.69, 9.17) is 11.2 Å². The molecule has 1 heterocycles. The molecule has 3 heteroatoms. The van der Waals surface area contributed by atoms with Gasteiger partial charge in [0.05, 0.1) is 13.2 Å². The van der Waals surface area contributed by atoms with Gasteiger partial charge >= 0.3 is 0 Å². The molecule has 2 nitrogen and oxygen atoms in total. The van der Waals surface area contributed by atoms with Crippen molar-refractivity contribution in [1.29, 1.82) is 0 Å². The molecular weight excluding hydrogens is 361 g/mol. The minimum Gasteiger partial charge on any atom is -0.378 e. The van der Waals surface area contributed by atoms with E-state index in [-0.39, 0.29) is 11.2 Å². The van der Waals surface area contributed by atoms with Crippen molar-refractivity contribution in [2.75, 3.05) is 31.2 Å². The van der Waals surface area contributed by atoms with E-state index in [0.29, 0.717) is 5.56 Å². The van der Waals surface area contributed by atoms with Crippen molar-refractivity contribution in [2.45, 2.75) is 39.0 Å². The minimum atomic E-state index is -0.271. The highest BCUT2D eigenvalue weighted by molar-refractivity contribution is 5.69. The van der Waals surface area contributed by atoms with E-state index in [1.165, 1.54) is 22.9 Å². The fourth-order valence-electron chi connectivity index (χ4n) is 3.57. The van der Waals surface area contributed by atoms with Crippen molar-refractivity contribution in [2.24, 2.45) is 0 Å². The molecule has 2 aromatic rings. The maximum Gasteiger partial charge on any atom is 0.124 e. The van der Waals surface area contributed by atoms with Crippen LogP contribution in [0.2, 0.25) is 0 Å². The minimum absolute atomic E-state index is 0.107. The SMILES string of the molecule is C#Cc1cc(F)cc(CC/C=C/c2ccc(C(C)(C)C)cc2N2CCOCC2)c1. The molecule has 152 valence electrons. The summed E-state index contributed by atoms with van der Waals surface area (Å²) < 4.78 is 19.2. The van der Waals surface area contributed by atoms with E-state index in [1.807, 2.05) is 6.07 Å². The zero-order chi connectivity index (χ0) is 20.9. The molecule has 0 aromatic heterocycles. The molecule has 3 rings (SSSR count). The van der Waals surface area contributed by atoms with Gasteiger partial charge in [-0.25, -0.2) is 4.39 Å². The van der Waals surface area contributed by atoms with Crippen molar-refractivity contribution < 1.29 is 9.13 Å². The topological polar surface area (TPSA) is 12.5 Å². The molecule has 1 aliphatic rings. The van der Waals surface area contributed by atoms with E-state index in [2.05, 4.69) is 61.9 Å². The van der Waals surface area contributed by atoms with Crippen LogP contribution < -0.4 is 4.90 Å². The summed E-state index contributed by atoms with van der Waals surface area (Å²) in [7, 11) is 0. The van der Waals surface area contributed by atoms with Gasteiger partial charge in [0.1, 0.15) is 5.82 Å². The van der Waals surface area contributed by atoms with Gasteiger partial charge in [0, 0.05) is 24.3 Å². The zero-order valence-corrected chi connectivity index (χ0v) is 17.7. The van der Waals surface area contributed by atoms with Gasteiger partial charge in [-0.3, -0.25) is 0 Å². The van der Waals surface area contributed by atoms with Gasteiger partial charge in [0.25, 0.3) is 0 Å². The van der Waals surface area contributed by atoms with Gasteiger partial charge in [-0.15, -0.1) is 6.42 Å². The number of rotatable bonds is 5. The number of benzene rings is 2. The van der Waals surface area contributed by atoms with Crippen LogP contribution in [0, 0.1) is 18.2 Å². The van der Waals surface area contributed by atoms with E-state index in [9.17, 15) is 4.39 Å². The van der Waals surface area contributed by atoms with Crippen LogP contribution in [-0.2, 0) is 16.6 Å². The lowest BCUT2D eigenvalue weighted by molar-refractivity contribution is 0.122. The second-order valence-electron chi connectivity index (χ2n) is 8.56. The molecule has 1 fully saturated rings. The van der Waals surface area contributed by atoms with Crippen LogP contribution in [0.1, 0.15) is 49.4 Å². The third-order valence-electron chi connectivity index (χ3n) is 5.27. The van der Waals surface area contributed by atoms with Crippen LogP contribution in [0.25, 0.3) is 6.08 Å². The first kappa shape index (κ1) is 21.1. The maximum absolute atomic E-state index is 13.7. The summed E-state index contributed by atoms with van der Waals surface area (Å²) in [4.78, 5) is 2.41. The Morgan fingerprint density at radius 3 is 2.59 bits per heavy atom. The molecule has 0 spiro atoms. The maximum atomic E-state index is 13.7. The van der Waals surface area contributed by atoms with Crippen molar-refractivity contribution in [3.8, 4) is 12.3 Å². The number of hydrogen-bond donors (Lipinski definition) is 0. The molecule has 1 aliphatic heterocycles. The predicted octanol–water partition coefficient (Wildman–Crippen LogP) is 5.59. The van der Waals surface area contributed by atoms with Crippen molar-refractivity contribution >= 4 is 11.8 Å². The fraction of sp³-hybridized carbons (Fsp3) is 0.385. The predicted molar refractivity (Wildman–Crippen MR) is 120 cm³/mol. The third-order valence-corrected chi connectivity index (χ3v) is 5.27. The number of allylic oxidation sites excluding steroid dienone is 1. The Hall–Kier alpha value is -2.57. The summed E-state index contributed by atoms with van der Waals surface area (Å²) >= 11 is 0. The van der Waals surface area contributed by atoms with Crippen LogP contribution >= 0.6 is 0 Å². The highest BCUT2D eigenvalue weighted by Gasteiger charge is 2.19. The molecule has 0 aliphatic carbocycles. The monoisotopic (exact) mass is 391 g/mol. The van der Waals surface area contributed by atoms with E-state index in [0.717, 1.165) is 44.7 Å². The Morgan fingerprint density at radius 2 is 1.90 bits per heavy atom. The molecule has 0 N–H and O–H groups in total. The second kappa shape index (κ2) is 9.29. The molecule has 0 unspecified atom stereocenters. The molecule has 0 saturated carbocycles. The molecule has 0 amide bonds. The average molecular weight is 392 g/mol. The Labute approximate surface area is 174 Å². The van der Waals surface area contributed by atoms with Crippen molar-refractivity contribution in [3.05, 3.63) is 70.5 Å². The molecule has 0 radical (unpaired) electrons. The third kappa shape index (κ3) is 5.71. The number of halogens is 1. The summed E-state index contributed by atoms with van der Waals surface area (Å²) in [6, 6.07) is 11.6. The van der Waals surface area contributed by atoms with Gasteiger partial charge < -0.3 is 9.64 Å². The summed E-state index contributed by atoms with van der Waals surface area (Å²) in [6.45, 7) is 10.1. The molecule has 29 heavy (non-hydrogen) atoms. The van der Waals surface area contributed by atoms with Crippen LogP contribution in [0.5, 0.6) is 0 Å². The standard InChI is InChI=1S/C26H30FNO/c1-5-20-16-21(18-24(27)17-20)8-6-7-9-22-10-11-23(26(2,3)4)19-25(22)28-12-14-29-15-13-28/h1,7,9-11,16-19H,6,8,12-15H2,2-4H3/b9-7+. The number of hydrogen-bond acceptors (Lipinski definition) is 2. The first-order valence-corrected chi connectivity index (χ1v) is 10.3. The van der Waals surface area contributed by atoms with E-state index >= 15 is 0 Å². The lowest BCUT2D eigenvalue weighted by Gasteiger charge is -2.32. The highest BCUT2D eigenvalue weighted by atomic mass is 19.1. The lowest BCUT2D eigenvalue weighted by atomic mass is 9.86. The van der Waals surface area contributed by atoms with E-state index < -0.39 is 0 Å². The lowest BCUT2D eigenvalue weighted by Crippen LogP contribution is -2.36. The Morgan fingerprint density at radius 1 is 1.14 bits per heavy atom. The second-order valence-corrected chi connectivity index (χ2v) is 8.56. The number of morpholine rings is 1. The quantitative estimate of drug-likeness (QED) is 0.616. The van der Waals surface area contributed by atoms with Crippen LogP contribution in [0.3, 0.4) is 0 Å². The Balaban J connectivity index is 1.77. The normalized spacial score (nSPS) is 14.9. The Kier molecular flexibility index (Phi) is 6.77. The largest absolute Gasteiger partial charge is 0.378 e.